The number of hydrogen-bond acceptors (Lipinski definition) is 13. The minimum Gasteiger partial charge on any atom is -0.507 e. The molecule has 320 valence electrons. The molecule has 13 heteroatoms. The maximum Gasteiger partial charge on any atom is 0.338 e. The second kappa shape index (κ2) is 16.8. The molecule has 0 radical (unpaired) electrons. The highest BCUT2D eigenvalue weighted by molar-refractivity contribution is 6.32. The van der Waals surface area contributed by atoms with Crippen molar-refractivity contribution in [3.8, 4) is 34.5 Å². The van der Waals surface area contributed by atoms with Gasteiger partial charge < -0.3 is 35.9 Å². The van der Waals surface area contributed by atoms with Gasteiger partial charge in [-0.2, -0.15) is 0 Å². The van der Waals surface area contributed by atoms with Crippen molar-refractivity contribution in [2.24, 2.45) is 0 Å². The number of rotatable bonds is 12. The van der Waals surface area contributed by atoms with Crippen molar-refractivity contribution in [2.75, 3.05) is 18.1 Å². The number of Topliss-reactive ketones (excluding diaryl/α,β-unsaturated/α-hetero) is 1. The molecule has 0 aliphatic heterocycles. The molecule has 0 atom stereocenters. The van der Waals surface area contributed by atoms with Crippen LogP contribution in [0.25, 0.3) is 0 Å². The predicted molar refractivity (Wildman–Crippen MR) is 238 cm³/mol. The Morgan fingerprint density at radius 2 is 0.862 bits per heavy atom. The van der Waals surface area contributed by atoms with Gasteiger partial charge in [0.1, 0.15) is 23.0 Å². The second-order valence-electron chi connectivity index (χ2n) is 15.4. The number of phenols is 2. The van der Waals surface area contributed by atoms with Crippen molar-refractivity contribution in [1.29, 1.82) is 0 Å². The van der Waals surface area contributed by atoms with Gasteiger partial charge in [-0.05, 0) is 53.9 Å². The van der Waals surface area contributed by atoms with Gasteiger partial charge in [0, 0.05) is 52.8 Å². The van der Waals surface area contributed by atoms with E-state index in [1.54, 1.807) is 84.9 Å². The van der Waals surface area contributed by atoms with E-state index in [1.807, 2.05) is 0 Å². The lowest BCUT2D eigenvalue weighted by molar-refractivity contribution is 0.0508. The minimum atomic E-state index is -0.553. The molecule has 2 aliphatic rings. The van der Waals surface area contributed by atoms with E-state index in [2.05, 4.69) is 0 Å². The number of aromatic hydroxyl groups is 2. The second-order valence-corrected chi connectivity index (χ2v) is 15.4. The maximum absolute atomic E-state index is 13.3. The smallest absolute Gasteiger partial charge is 0.338 e. The molecule has 6 N–H and O–H groups in total. The molecule has 0 heterocycles. The number of benzene rings is 7. The average molecular weight is 865 g/mol. The van der Waals surface area contributed by atoms with Crippen molar-refractivity contribution in [2.45, 2.75) is 19.3 Å². The molecule has 0 aromatic heterocycles. The highest BCUT2D eigenvalue weighted by Gasteiger charge is 2.36. The third-order valence-electron chi connectivity index (χ3n) is 11.4. The summed E-state index contributed by atoms with van der Waals surface area (Å²) in [4.78, 5) is 78.6. The third kappa shape index (κ3) is 7.71. The lowest BCUT2D eigenvalue weighted by atomic mass is 9.82. The van der Waals surface area contributed by atoms with Gasteiger partial charge in [-0.3, -0.25) is 24.0 Å². The summed E-state index contributed by atoms with van der Waals surface area (Å²) in [5, 5.41) is 21.5. The van der Waals surface area contributed by atoms with Crippen molar-refractivity contribution in [3.05, 3.63) is 200 Å². The summed E-state index contributed by atoms with van der Waals surface area (Å²) < 4.78 is 17.3. The van der Waals surface area contributed by atoms with E-state index in [0.717, 1.165) is 11.1 Å². The van der Waals surface area contributed by atoms with Crippen molar-refractivity contribution in [1.82, 2.24) is 0 Å². The van der Waals surface area contributed by atoms with E-state index in [1.165, 1.54) is 48.5 Å². The zero-order valence-corrected chi connectivity index (χ0v) is 34.3. The molecule has 7 aromatic carbocycles. The summed E-state index contributed by atoms with van der Waals surface area (Å²) in [5.41, 5.74) is 15.1. The maximum atomic E-state index is 13.3. The van der Waals surface area contributed by atoms with Crippen LogP contribution in [-0.2, 0) is 17.6 Å². The van der Waals surface area contributed by atoms with Crippen LogP contribution < -0.4 is 20.9 Å². The number of phenolic OH excluding ortho intramolecular Hbond substituents is 2. The number of nitrogen functional groups attached to an aromatic ring is 2. The number of carbonyl (C=O) groups excluding carboxylic acids is 6. The van der Waals surface area contributed by atoms with Gasteiger partial charge in [-0.15, -0.1) is 0 Å². The Balaban J connectivity index is 0.749. The Labute approximate surface area is 370 Å². The van der Waals surface area contributed by atoms with Crippen LogP contribution in [0.1, 0.15) is 102 Å². The quantitative estimate of drug-likeness (QED) is 0.0391. The lowest BCUT2D eigenvalue weighted by Gasteiger charge is -2.21. The zero-order valence-electron chi connectivity index (χ0n) is 34.3. The van der Waals surface area contributed by atoms with Crippen LogP contribution in [0.4, 0.5) is 11.4 Å². The fourth-order valence-corrected chi connectivity index (χ4v) is 7.96. The minimum absolute atomic E-state index is 0.0144. The van der Waals surface area contributed by atoms with Crippen LogP contribution in [0.5, 0.6) is 34.5 Å². The molecule has 0 fully saturated rings. The molecule has 2 aliphatic carbocycles. The summed E-state index contributed by atoms with van der Waals surface area (Å²) in [7, 11) is 0. The fourth-order valence-electron chi connectivity index (χ4n) is 7.96. The third-order valence-corrected chi connectivity index (χ3v) is 11.4. The first-order valence-electron chi connectivity index (χ1n) is 20.4. The largest absolute Gasteiger partial charge is 0.507 e. The first-order valence-corrected chi connectivity index (χ1v) is 20.4. The number of aryl methyl sites for hydroxylation is 1. The molecule has 0 spiro atoms. The van der Waals surface area contributed by atoms with Crippen LogP contribution in [0.3, 0.4) is 0 Å². The number of carbonyl (C=O) groups is 6. The summed E-state index contributed by atoms with van der Waals surface area (Å²) >= 11 is 0. The van der Waals surface area contributed by atoms with E-state index in [9.17, 15) is 39.0 Å². The van der Waals surface area contributed by atoms with E-state index >= 15 is 0 Å². The Kier molecular flexibility index (Phi) is 10.7. The molecule has 0 unspecified atom stereocenters. The SMILES string of the molecule is Nc1c(Oc2ccc(CCOC(=O)c3ccc(C(=O)CCc4ccc(Oc5cc(O)c6c(c5N)C(=O)c5ccccc5C6=O)cc4)cc3)cc2)cc(O)c2c1C(=O)c1ccccc1C2=O. The Morgan fingerprint density at radius 1 is 0.477 bits per heavy atom. The normalized spacial score (nSPS) is 12.4. The zero-order chi connectivity index (χ0) is 45.5. The number of nitrogens with two attached hydrogens (primary N) is 2. The number of hydrogen-bond donors (Lipinski definition) is 4. The molecule has 65 heavy (non-hydrogen) atoms. The summed E-state index contributed by atoms with van der Waals surface area (Å²) in [5.74, 6) is -2.75. The molecule has 13 nitrogen and oxygen atoms in total. The van der Waals surface area contributed by atoms with Crippen LogP contribution >= 0.6 is 0 Å². The van der Waals surface area contributed by atoms with E-state index in [0.29, 0.717) is 29.9 Å². The van der Waals surface area contributed by atoms with Crippen LogP contribution in [0.2, 0.25) is 0 Å². The van der Waals surface area contributed by atoms with Gasteiger partial charge in [-0.25, -0.2) is 4.79 Å². The first kappa shape index (κ1) is 41.5. The average Bonchev–Trinajstić information content (AvgIpc) is 3.32. The van der Waals surface area contributed by atoms with Crippen molar-refractivity contribution >= 4 is 46.3 Å². The molecule has 9 rings (SSSR count). The molecule has 0 saturated heterocycles. The highest BCUT2D eigenvalue weighted by atomic mass is 16.5. The molecule has 0 bridgehead atoms. The summed E-state index contributed by atoms with van der Waals surface area (Å²) in [6, 6.07) is 35.0. The number of anilines is 2. The molecule has 0 saturated carbocycles. The Morgan fingerprint density at radius 3 is 1.29 bits per heavy atom. The van der Waals surface area contributed by atoms with E-state index < -0.39 is 40.6 Å². The molecule has 7 aromatic rings. The van der Waals surface area contributed by atoms with Gasteiger partial charge in [-0.1, -0.05) is 84.9 Å². The highest BCUT2D eigenvalue weighted by Crippen LogP contribution is 2.44. The predicted octanol–water partition coefficient (Wildman–Crippen LogP) is 8.61. The van der Waals surface area contributed by atoms with E-state index in [4.69, 9.17) is 25.7 Å². The Hall–Kier alpha value is -8.84. The monoisotopic (exact) mass is 864 g/mol. The van der Waals surface area contributed by atoms with Crippen LogP contribution in [-0.4, -0.2) is 51.7 Å². The van der Waals surface area contributed by atoms with Crippen LogP contribution in [0, 0.1) is 0 Å². The Bertz CT molecular complexity index is 3160. The number of ether oxygens (including phenoxy) is 3. The van der Waals surface area contributed by atoms with Gasteiger partial charge in [0.05, 0.1) is 45.8 Å². The number of esters is 1. The van der Waals surface area contributed by atoms with Crippen molar-refractivity contribution < 1.29 is 53.2 Å². The first-order chi connectivity index (χ1) is 31.4. The topological polar surface area (TPSA) is 223 Å². The fraction of sp³-hybridized carbons (Fsp3) is 0.0769. The molecule has 0 amide bonds. The van der Waals surface area contributed by atoms with Gasteiger partial charge in [0.2, 0.25) is 0 Å². The molecular weight excluding hydrogens is 829 g/mol. The number of fused-ring (bicyclic) bond motifs is 4. The summed E-state index contributed by atoms with van der Waals surface area (Å²) in [6.45, 7) is 0.0751. The standard InChI is InChI=1S/C52H36N2O11/c53-46-40(25-38(56)42-44(46)50(60)35-7-3-1-5-33(35)48(42)58)64-31-18-9-27(10-19-31)13-22-37(55)29-14-16-30(17-15-29)52(62)63-24-23-28-11-20-32(21-12-28)65-41-26-39(57)43-45(47(41)54)51(61)36-8-4-2-6-34(36)49(43)59/h1-12,14-21,25-26,56-57H,13,22-24,53-54H2. The number of ketones is 5. The van der Waals surface area contributed by atoms with Gasteiger partial charge in [0.15, 0.2) is 40.4 Å². The summed E-state index contributed by atoms with van der Waals surface area (Å²) in [6.07, 6.45) is 0.992. The van der Waals surface area contributed by atoms with Crippen LogP contribution in [0.15, 0.2) is 133 Å². The van der Waals surface area contributed by atoms with E-state index in [-0.39, 0.29) is 91.8 Å². The van der Waals surface area contributed by atoms with Gasteiger partial charge in [0.25, 0.3) is 0 Å². The molecular formula is C52H36N2O11. The van der Waals surface area contributed by atoms with Crippen molar-refractivity contribution in [3.63, 3.8) is 0 Å². The van der Waals surface area contributed by atoms with Gasteiger partial charge >= 0.3 is 5.97 Å². The lowest BCUT2D eigenvalue weighted by Crippen LogP contribution is -2.22.